The van der Waals surface area contributed by atoms with E-state index in [0.29, 0.717) is 15.7 Å². The van der Waals surface area contributed by atoms with Gasteiger partial charge < -0.3 is 9.80 Å². The second-order valence-electron chi connectivity index (χ2n) is 10.7. The zero-order chi connectivity index (χ0) is 34.8. The molecular formula is C25H14F15N3O3. The van der Waals surface area contributed by atoms with E-state index in [4.69, 9.17) is 0 Å². The van der Waals surface area contributed by atoms with Gasteiger partial charge in [-0.25, -0.2) is 9.69 Å². The summed E-state index contributed by atoms with van der Waals surface area (Å²) in [6.45, 7) is -1.20. The maximum Gasteiger partial charge on any atom is 0.460 e. The van der Waals surface area contributed by atoms with E-state index in [1.165, 1.54) is 24.3 Å². The fourth-order valence-corrected chi connectivity index (χ4v) is 5.80. The van der Waals surface area contributed by atoms with Crippen molar-refractivity contribution in [1.29, 1.82) is 0 Å². The smallest absolute Gasteiger partial charge is 0.330 e. The number of amides is 4. The number of piperazine rings is 1. The molecule has 6 nitrogen and oxygen atoms in total. The van der Waals surface area contributed by atoms with E-state index < -0.39 is 90.6 Å². The molecule has 0 saturated carbocycles. The van der Waals surface area contributed by atoms with Gasteiger partial charge in [0.2, 0.25) is 0 Å². The lowest BCUT2D eigenvalue weighted by Crippen LogP contribution is -2.74. The van der Waals surface area contributed by atoms with Crippen LogP contribution in [0.3, 0.4) is 0 Å². The molecule has 3 heterocycles. The third-order valence-corrected chi connectivity index (χ3v) is 8.13. The van der Waals surface area contributed by atoms with Crippen LogP contribution in [0.4, 0.5) is 76.3 Å². The number of likely N-dealkylation sites (tertiary alicyclic amines) is 1. The average Bonchev–Trinajstić information content (AvgIpc) is 3.62. The molecule has 0 N–H and O–H groups in total. The number of halogens is 15. The number of anilines is 1. The lowest BCUT2D eigenvalue weighted by Gasteiger charge is -2.42. The van der Waals surface area contributed by atoms with Crippen LogP contribution in [0.5, 0.6) is 0 Å². The Morgan fingerprint density at radius 2 is 1.20 bits per heavy atom. The van der Waals surface area contributed by atoms with E-state index in [0.717, 1.165) is 4.90 Å². The second kappa shape index (κ2) is 9.55. The molecule has 2 unspecified atom stereocenters. The van der Waals surface area contributed by atoms with E-state index in [1.807, 2.05) is 0 Å². The van der Waals surface area contributed by atoms with E-state index in [2.05, 4.69) is 0 Å². The van der Waals surface area contributed by atoms with Gasteiger partial charge in [0.05, 0.1) is 17.8 Å². The predicted molar refractivity (Wildman–Crippen MR) is 122 cm³/mol. The summed E-state index contributed by atoms with van der Waals surface area (Å²) in [5, 5.41) is 0.820. The standard InChI is InChI=1S/C25H14F15N3O3/c26-19(27,20(28,29)21(30,31)22(32,33)23(34,35)24(36,37)25(38,39)40)17(45)41-9-11-8-14(41)15-16(44)43(18(46)42(11)15)13-7-3-5-10-4-1-2-6-12(10)13/h1-7,11,14-15H,8-9H2/t11?,14?,15-/m1/s1. The summed E-state index contributed by atoms with van der Waals surface area (Å²) in [5.41, 5.74) is -0.0462. The minimum Gasteiger partial charge on any atom is -0.330 e. The summed E-state index contributed by atoms with van der Waals surface area (Å²) in [6, 6.07) is 4.08. The van der Waals surface area contributed by atoms with Gasteiger partial charge >= 0.3 is 47.7 Å². The van der Waals surface area contributed by atoms with Crippen molar-refractivity contribution in [3.8, 4) is 0 Å². The second-order valence-corrected chi connectivity index (χ2v) is 10.7. The van der Waals surface area contributed by atoms with Crippen LogP contribution >= 0.6 is 0 Å². The molecule has 5 rings (SSSR count). The number of carbonyl (C=O) groups is 3. The first-order valence-corrected chi connectivity index (χ1v) is 12.6. The van der Waals surface area contributed by atoms with Gasteiger partial charge in [-0.3, -0.25) is 9.59 Å². The Bertz CT molecular complexity index is 1620. The van der Waals surface area contributed by atoms with Crippen LogP contribution < -0.4 is 4.90 Å². The topological polar surface area (TPSA) is 60.9 Å². The normalized spacial score (nSPS) is 23.2. The summed E-state index contributed by atoms with van der Waals surface area (Å²) in [7, 11) is 0. The third kappa shape index (κ3) is 3.91. The van der Waals surface area contributed by atoms with Gasteiger partial charge in [-0.2, -0.15) is 65.9 Å². The van der Waals surface area contributed by atoms with Gasteiger partial charge in [0.15, 0.2) is 0 Å². The van der Waals surface area contributed by atoms with Gasteiger partial charge in [-0.05, 0) is 17.9 Å². The molecule has 21 heteroatoms. The van der Waals surface area contributed by atoms with Gasteiger partial charge in [0, 0.05) is 11.9 Å². The molecule has 3 aliphatic heterocycles. The molecule has 0 aliphatic carbocycles. The summed E-state index contributed by atoms with van der Waals surface area (Å²) >= 11 is 0. The van der Waals surface area contributed by atoms with Crippen LogP contribution in [0.1, 0.15) is 6.42 Å². The molecule has 2 aromatic rings. The van der Waals surface area contributed by atoms with Gasteiger partial charge in [0.25, 0.3) is 11.8 Å². The lowest BCUT2D eigenvalue weighted by atomic mass is 9.90. The monoisotopic (exact) mass is 689 g/mol. The van der Waals surface area contributed by atoms with Crippen molar-refractivity contribution >= 4 is 34.3 Å². The van der Waals surface area contributed by atoms with Crippen molar-refractivity contribution in [1.82, 2.24) is 9.80 Å². The average molecular weight is 689 g/mol. The summed E-state index contributed by atoms with van der Waals surface area (Å²) in [4.78, 5) is 40.1. The number of urea groups is 1. The molecule has 3 atom stereocenters. The van der Waals surface area contributed by atoms with Crippen LogP contribution in [-0.4, -0.2) is 94.0 Å². The number of hydrogen-bond donors (Lipinski definition) is 0. The van der Waals surface area contributed by atoms with Crippen molar-refractivity contribution in [2.45, 2.75) is 66.3 Å². The number of nitrogens with zero attached hydrogens (tertiary/aromatic N) is 3. The number of benzene rings is 2. The number of imide groups is 1. The SMILES string of the molecule is O=C1[C@H]2C3CC(CN3C(=O)C(F)(F)C(F)(F)C(F)(F)C(F)(F)C(F)(F)C(F)(F)C(F)(F)F)N2C(=O)N1c1cccc2ccccc12. The van der Waals surface area contributed by atoms with Gasteiger partial charge in [-0.15, -0.1) is 0 Å². The van der Waals surface area contributed by atoms with Crippen molar-refractivity contribution in [3.63, 3.8) is 0 Å². The summed E-state index contributed by atoms with van der Waals surface area (Å²) in [6.07, 6.45) is -8.36. The Hall–Kier alpha value is -3.94. The predicted octanol–water partition coefficient (Wildman–Crippen LogP) is 6.33. The summed E-state index contributed by atoms with van der Waals surface area (Å²) in [5.74, 6) is -53.4. The van der Waals surface area contributed by atoms with Crippen LogP contribution in [0.25, 0.3) is 10.8 Å². The minimum atomic E-state index is -8.54. The molecule has 252 valence electrons. The summed E-state index contributed by atoms with van der Waals surface area (Å²) < 4.78 is 205. The Balaban J connectivity index is 1.46. The molecule has 0 spiro atoms. The van der Waals surface area contributed by atoms with Crippen molar-refractivity contribution in [2.75, 3.05) is 11.4 Å². The van der Waals surface area contributed by atoms with E-state index in [9.17, 15) is 80.2 Å². The molecule has 2 aromatic carbocycles. The van der Waals surface area contributed by atoms with E-state index in [1.54, 1.807) is 18.2 Å². The molecular weight excluding hydrogens is 675 g/mol. The highest BCUT2D eigenvalue weighted by Crippen LogP contribution is 2.62. The molecule has 3 fully saturated rings. The Morgan fingerprint density at radius 1 is 0.674 bits per heavy atom. The molecule has 3 aliphatic rings. The zero-order valence-corrected chi connectivity index (χ0v) is 21.9. The minimum absolute atomic E-state index is 0.0462. The number of alkyl halides is 15. The van der Waals surface area contributed by atoms with Crippen molar-refractivity contribution in [3.05, 3.63) is 42.5 Å². The van der Waals surface area contributed by atoms with Crippen molar-refractivity contribution < 1.29 is 80.2 Å². The first-order chi connectivity index (χ1) is 20.8. The van der Waals surface area contributed by atoms with Gasteiger partial charge in [0.1, 0.15) is 6.04 Å². The van der Waals surface area contributed by atoms with E-state index >= 15 is 0 Å². The highest BCUT2D eigenvalue weighted by molar-refractivity contribution is 6.25. The van der Waals surface area contributed by atoms with Crippen LogP contribution in [0.2, 0.25) is 0 Å². The largest absolute Gasteiger partial charge is 0.460 e. The molecule has 2 bridgehead atoms. The Labute approximate surface area is 245 Å². The quantitative estimate of drug-likeness (QED) is 0.252. The fraction of sp³-hybridized carbons (Fsp3) is 0.480. The first kappa shape index (κ1) is 33.4. The molecule has 0 aromatic heterocycles. The maximum absolute atomic E-state index is 14.8. The third-order valence-electron chi connectivity index (χ3n) is 8.13. The number of rotatable bonds is 7. The van der Waals surface area contributed by atoms with Crippen LogP contribution in [0.15, 0.2) is 42.5 Å². The first-order valence-electron chi connectivity index (χ1n) is 12.6. The maximum atomic E-state index is 14.8. The number of carbonyl (C=O) groups excluding carboxylic acids is 3. The molecule has 46 heavy (non-hydrogen) atoms. The van der Waals surface area contributed by atoms with Crippen molar-refractivity contribution in [2.24, 2.45) is 0 Å². The highest BCUT2D eigenvalue weighted by atomic mass is 19.4. The van der Waals surface area contributed by atoms with Crippen LogP contribution in [0, 0.1) is 0 Å². The highest BCUT2D eigenvalue weighted by Gasteiger charge is 2.94. The molecule has 4 amide bonds. The molecule has 0 radical (unpaired) electrons. The van der Waals surface area contributed by atoms with E-state index in [-0.39, 0.29) is 10.6 Å². The fourth-order valence-electron chi connectivity index (χ4n) is 5.80. The zero-order valence-electron chi connectivity index (χ0n) is 21.9. The van der Waals surface area contributed by atoms with Gasteiger partial charge in [-0.1, -0.05) is 36.4 Å². The van der Waals surface area contributed by atoms with Crippen LogP contribution in [-0.2, 0) is 9.59 Å². The Kier molecular flexibility index (Phi) is 6.94. The molecule has 3 saturated heterocycles. The Morgan fingerprint density at radius 3 is 1.78 bits per heavy atom. The number of fused-ring (bicyclic) bond motifs is 6. The number of hydrogen-bond acceptors (Lipinski definition) is 3. The lowest BCUT2D eigenvalue weighted by molar-refractivity contribution is -0.450.